The second-order valence-electron chi connectivity index (χ2n) is 4.88. The van der Waals surface area contributed by atoms with Gasteiger partial charge in [-0.2, -0.15) is 13.2 Å². The molecule has 4 nitrogen and oxygen atoms in total. The molecule has 0 spiro atoms. The number of hydrogen-bond acceptors (Lipinski definition) is 3. The van der Waals surface area contributed by atoms with E-state index in [0.717, 1.165) is 24.5 Å². The Morgan fingerprint density at radius 1 is 1.24 bits per heavy atom. The predicted molar refractivity (Wildman–Crippen MR) is 72.7 cm³/mol. The van der Waals surface area contributed by atoms with Crippen LogP contribution in [0.4, 0.5) is 13.2 Å². The molecule has 8 heteroatoms. The molecule has 1 aromatic rings. The van der Waals surface area contributed by atoms with E-state index in [1.807, 2.05) is 0 Å². The summed E-state index contributed by atoms with van der Waals surface area (Å²) in [4.78, 5) is 11.9. The lowest BCUT2D eigenvalue weighted by molar-refractivity contribution is -0.137. The maximum absolute atomic E-state index is 12.6. The number of nitrogens with one attached hydrogen (secondary N) is 1. The van der Waals surface area contributed by atoms with Crippen LogP contribution in [0, 0.1) is 0 Å². The minimum absolute atomic E-state index is 0.169. The lowest BCUT2D eigenvalue weighted by Crippen LogP contribution is -2.43. The number of carbonyl (C=O) groups excluding carboxylic acids is 1. The zero-order valence-electron chi connectivity index (χ0n) is 11.7. The van der Waals surface area contributed by atoms with Crippen molar-refractivity contribution in [2.75, 3.05) is 6.26 Å². The molecule has 0 aliphatic carbocycles. The Morgan fingerprint density at radius 2 is 1.81 bits per heavy atom. The summed E-state index contributed by atoms with van der Waals surface area (Å²) in [5.41, 5.74) is -1.10. The number of alkyl halides is 3. The van der Waals surface area contributed by atoms with Gasteiger partial charge < -0.3 is 5.32 Å². The van der Waals surface area contributed by atoms with E-state index in [2.05, 4.69) is 5.32 Å². The molecule has 0 bridgehead atoms. The normalized spacial score (nSPS) is 15.3. The van der Waals surface area contributed by atoms with Gasteiger partial charge in [0.2, 0.25) is 0 Å². The Bertz CT molecular complexity index is 626. The Labute approximate surface area is 121 Å². The van der Waals surface area contributed by atoms with Gasteiger partial charge >= 0.3 is 6.18 Å². The van der Waals surface area contributed by atoms with Crippen LogP contribution in [0.15, 0.2) is 24.3 Å². The van der Waals surface area contributed by atoms with Crippen LogP contribution in [0.3, 0.4) is 0 Å². The zero-order chi connectivity index (χ0) is 16.4. The molecule has 0 aliphatic rings. The largest absolute Gasteiger partial charge is 0.416 e. The summed E-state index contributed by atoms with van der Waals surface area (Å²) >= 11 is 0. The van der Waals surface area contributed by atoms with Gasteiger partial charge in [0.25, 0.3) is 5.91 Å². The summed E-state index contributed by atoms with van der Waals surface area (Å²) < 4.78 is 60.5. The third kappa shape index (κ3) is 4.73. The molecule has 1 rings (SSSR count). The van der Waals surface area contributed by atoms with Gasteiger partial charge in [-0.05, 0) is 32.0 Å². The van der Waals surface area contributed by atoms with Crippen LogP contribution in [-0.4, -0.2) is 31.9 Å². The van der Waals surface area contributed by atoms with Gasteiger partial charge in [0, 0.05) is 17.9 Å². The van der Waals surface area contributed by atoms with E-state index in [4.69, 9.17) is 0 Å². The molecular weight excluding hydrogens is 307 g/mol. The molecule has 0 saturated carbocycles. The van der Waals surface area contributed by atoms with Crippen molar-refractivity contribution in [1.82, 2.24) is 5.32 Å². The quantitative estimate of drug-likeness (QED) is 0.924. The average molecular weight is 323 g/mol. The number of sulfone groups is 1. The highest BCUT2D eigenvalue weighted by molar-refractivity contribution is 7.91. The molecule has 2 atom stereocenters. The first kappa shape index (κ1) is 17.5. The van der Waals surface area contributed by atoms with Gasteiger partial charge in [-0.1, -0.05) is 6.07 Å². The molecule has 0 fully saturated rings. The minimum Gasteiger partial charge on any atom is -0.348 e. The maximum Gasteiger partial charge on any atom is 0.416 e. The second kappa shape index (κ2) is 6.05. The molecule has 0 saturated heterocycles. The number of carbonyl (C=O) groups is 1. The van der Waals surface area contributed by atoms with Crippen LogP contribution < -0.4 is 5.32 Å². The molecule has 1 aromatic carbocycles. The van der Waals surface area contributed by atoms with Crippen molar-refractivity contribution in [1.29, 1.82) is 0 Å². The molecule has 21 heavy (non-hydrogen) atoms. The first-order valence-electron chi connectivity index (χ1n) is 6.10. The third-order valence-electron chi connectivity index (χ3n) is 3.19. The van der Waals surface area contributed by atoms with Crippen molar-refractivity contribution in [3.63, 3.8) is 0 Å². The summed E-state index contributed by atoms with van der Waals surface area (Å²) in [5.74, 6) is -0.746. The molecule has 1 amide bonds. The molecule has 0 heterocycles. The second-order valence-corrected chi connectivity index (χ2v) is 7.28. The summed E-state index contributed by atoms with van der Waals surface area (Å²) in [6.07, 6.45) is -3.51. The van der Waals surface area contributed by atoms with Gasteiger partial charge in [0.15, 0.2) is 9.84 Å². The number of hydrogen-bond donors (Lipinski definition) is 1. The van der Waals surface area contributed by atoms with E-state index in [1.54, 1.807) is 0 Å². The lowest BCUT2D eigenvalue weighted by atomic mass is 10.1. The van der Waals surface area contributed by atoms with Crippen molar-refractivity contribution in [2.45, 2.75) is 31.3 Å². The van der Waals surface area contributed by atoms with E-state index in [0.29, 0.717) is 0 Å². The third-order valence-corrected chi connectivity index (χ3v) is 4.95. The fourth-order valence-corrected chi connectivity index (χ4v) is 2.42. The van der Waals surface area contributed by atoms with Crippen molar-refractivity contribution in [3.8, 4) is 0 Å². The van der Waals surface area contributed by atoms with E-state index >= 15 is 0 Å². The standard InChI is InChI=1S/C13H16F3NO3S/c1-8(9(2)21(3,19)20)17-12(18)10-5-4-6-11(7-10)13(14,15)16/h4-9H,1-3H3,(H,17,18)/t8-,9?/m1/s1. The molecule has 0 radical (unpaired) electrons. The summed E-state index contributed by atoms with van der Waals surface area (Å²) in [6.45, 7) is 2.91. The van der Waals surface area contributed by atoms with Gasteiger partial charge in [0.05, 0.1) is 10.8 Å². The van der Waals surface area contributed by atoms with Crippen LogP contribution >= 0.6 is 0 Å². The number of rotatable bonds is 4. The number of amides is 1. The summed E-state index contributed by atoms with van der Waals surface area (Å²) in [6, 6.07) is 3.24. The number of halogens is 3. The Morgan fingerprint density at radius 3 is 2.29 bits per heavy atom. The monoisotopic (exact) mass is 323 g/mol. The van der Waals surface area contributed by atoms with Gasteiger partial charge in [0.1, 0.15) is 0 Å². The Balaban J connectivity index is 2.91. The van der Waals surface area contributed by atoms with Crippen molar-refractivity contribution in [2.24, 2.45) is 0 Å². The van der Waals surface area contributed by atoms with Crippen LogP contribution in [0.2, 0.25) is 0 Å². The van der Waals surface area contributed by atoms with Gasteiger partial charge in [-0.25, -0.2) is 8.42 Å². The molecule has 118 valence electrons. The Hall–Kier alpha value is -1.57. The van der Waals surface area contributed by atoms with Crippen molar-refractivity contribution >= 4 is 15.7 Å². The van der Waals surface area contributed by atoms with Gasteiger partial charge in [-0.3, -0.25) is 4.79 Å². The molecule has 0 aliphatic heterocycles. The molecular formula is C13H16F3NO3S. The topological polar surface area (TPSA) is 63.2 Å². The lowest BCUT2D eigenvalue weighted by Gasteiger charge is -2.20. The molecule has 1 N–H and O–H groups in total. The minimum atomic E-state index is -4.54. The molecule has 1 unspecified atom stereocenters. The van der Waals surface area contributed by atoms with Crippen molar-refractivity contribution in [3.05, 3.63) is 35.4 Å². The van der Waals surface area contributed by atoms with Crippen LogP contribution in [0.25, 0.3) is 0 Å². The predicted octanol–water partition coefficient (Wildman–Crippen LogP) is 2.26. The smallest absolute Gasteiger partial charge is 0.348 e. The fraction of sp³-hybridized carbons (Fsp3) is 0.462. The highest BCUT2D eigenvalue weighted by Gasteiger charge is 2.31. The van der Waals surface area contributed by atoms with Crippen LogP contribution in [0.5, 0.6) is 0 Å². The van der Waals surface area contributed by atoms with E-state index in [1.165, 1.54) is 19.9 Å². The fourth-order valence-electron chi connectivity index (χ4n) is 1.62. The highest BCUT2D eigenvalue weighted by atomic mass is 32.2. The van der Waals surface area contributed by atoms with E-state index < -0.39 is 38.8 Å². The van der Waals surface area contributed by atoms with E-state index in [9.17, 15) is 26.4 Å². The van der Waals surface area contributed by atoms with Crippen LogP contribution in [-0.2, 0) is 16.0 Å². The average Bonchev–Trinajstić information content (AvgIpc) is 2.35. The van der Waals surface area contributed by atoms with Crippen molar-refractivity contribution < 1.29 is 26.4 Å². The SMILES string of the molecule is CC([C@@H](C)NC(=O)c1cccc(C(F)(F)F)c1)S(C)(=O)=O. The summed E-state index contributed by atoms with van der Waals surface area (Å²) in [7, 11) is -3.36. The number of benzene rings is 1. The summed E-state index contributed by atoms with van der Waals surface area (Å²) in [5, 5.41) is 1.56. The first-order valence-corrected chi connectivity index (χ1v) is 8.05. The maximum atomic E-state index is 12.6. The zero-order valence-corrected chi connectivity index (χ0v) is 12.5. The van der Waals surface area contributed by atoms with Crippen LogP contribution in [0.1, 0.15) is 29.8 Å². The highest BCUT2D eigenvalue weighted by Crippen LogP contribution is 2.29. The molecule has 0 aromatic heterocycles. The Kier molecular flexibility index (Phi) is 5.03. The first-order chi connectivity index (χ1) is 9.43. The van der Waals surface area contributed by atoms with E-state index in [-0.39, 0.29) is 5.56 Å². The van der Waals surface area contributed by atoms with Gasteiger partial charge in [-0.15, -0.1) is 0 Å².